The number of aryl methyl sites for hydroxylation is 2. The molecule has 0 spiro atoms. The summed E-state index contributed by atoms with van der Waals surface area (Å²) in [6.45, 7) is 10.2. The lowest BCUT2D eigenvalue weighted by atomic mass is 9.91. The van der Waals surface area contributed by atoms with Gasteiger partial charge in [-0.05, 0) is 80.2 Å². The number of rotatable bonds is 4. The van der Waals surface area contributed by atoms with E-state index in [0.717, 1.165) is 46.9 Å². The molecule has 1 aromatic carbocycles. The zero-order valence-electron chi connectivity index (χ0n) is 26.8. The lowest BCUT2D eigenvalue weighted by Gasteiger charge is -2.40. The van der Waals surface area contributed by atoms with Crippen LogP contribution in [-0.2, 0) is 28.3 Å². The number of methoxy groups -OCH3 is 1. The Kier molecular flexibility index (Phi) is 10.1. The number of carbonyl (C=O) groups excluding carboxylic acids is 1. The zero-order valence-corrected chi connectivity index (χ0v) is 27.5. The monoisotopic (exact) mass is 622 g/mol. The van der Waals surface area contributed by atoms with Gasteiger partial charge in [-0.2, -0.15) is 0 Å². The second-order valence-corrected chi connectivity index (χ2v) is 13.0. The molecule has 3 aliphatic rings. The number of amides is 1. The maximum absolute atomic E-state index is 12.7. The summed E-state index contributed by atoms with van der Waals surface area (Å²) in [4.78, 5) is 21.8. The van der Waals surface area contributed by atoms with Crippen molar-refractivity contribution in [2.24, 2.45) is 14.1 Å². The van der Waals surface area contributed by atoms with Gasteiger partial charge in [0.05, 0.1) is 25.8 Å². The van der Waals surface area contributed by atoms with E-state index >= 15 is 0 Å². The Labute approximate surface area is 266 Å². The molecule has 44 heavy (non-hydrogen) atoms. The third kappa shape index (κ3) is 7.34. The fourth-order valence-electron chi connectivity index (χ4n) is 6.11. The zero-order chi connectivity index (χ0) is 31.4. The van der Waals surface area contributed by atoms with Gasteiger partial charge < -0.3 is 19.1 Å². The highest BCUT2D eigenvalue weighted by atomic mass is 35.5. The number of fused-ring (bicyclic) bond motifs is 2. The summed E-state index contributed by atoms with van der Waals surface area (Å²) in [5, 5.41) is 0.666. The Hall–Kier alpha value is -3.24. The predicted molar refractivity (Wildman–Crippen MR) is 171 cm³/mol. The molecule has 9 nitrogen and oxygen atoms in total. The Morgan fingerprint density at radius 2 is 1.86 bits per heavy atom. The van der Waals surface area contributed by atoms with E-state index in [9.17, 15) is 4.79 Å². The van der Waals surface area contributed by atoms with Crippen LogP contribution in [0.5, 0.6) is 0 Å². The van der Waals surface area contributed by atoms with Crippen LogP contribution in [0.25, 0.3) is 11.6 Å². The molecule has 3 aromatic rings. The number of hydrogen-bond acceptors (Lipinski definition) is 6. The smallest absolute Gasteiger partial charge is 0.410 e. The Bertz CT molecular complexity index is 1480. The molecule has 0 N–H and O–H groups in total. The largest absolute Gasteiger partial charge is 0.444 e. The van der Waals surface area contributed by atoms with Crippen LogP contribution in [0.2, 0.25) is 5.02 Å². The Morgan fingerprint density at radius 1 is 1.14 bits per heavy atom. The predicted octanol–water partition coefficient (Wildman–Crippen LogP) is 5.58. The first kappa shape index (κ1) is 32.2. The van der Waals surface area contributed by atoms with Crippen LogP contribution in [0, 0.1) is 0 Å². The summed E-state index contributed by atoms with van der Waals surface area (Å²) in [6.07, 6.45) is 10.1. The van der Waals surface area contributed by atoms with E-state index in [-0.39, 0.29) is 18.2 Å². The standard InChI is InChI=1S/C30H37ClN5O3.C4H8O/c1-30(2,3)39-29(37)36-14-12-35(13-15-36)27-22-10-9-21(31)17-23(22)24(16-20-8-7-11-32-26(20)27)28(38-6)25-18-33(4)19-34(25)5;1-2-4-5-3-1/h7-11,16-19,27-28H,12-15H2,1-6H3;1-4H2/q+1;/t27-,28?;/m0./s1. The number of pyridine rings is 1. The van der Waals surface area contributed by atoms with Crippen molar-refractivity contribution >= 4 is 29.3 Å². The number of halogens is 1. The minimum Gasteiger partial charge on any atom is -0.444 e. The molecular formula is C34H45ClN5O4+. The van der Waals surface area contributed by atoms with Gasteiger partial charge in [0.2, 0.25) is 6.33 Å². The highest BCUT2D eigenvalue weighted by molar-refractivity contribution is 6.30. The number of aromatic nitrogens is 3. The van der Waals surface area contributed by atoms with Crippen molar-refractivity contribution < 1.29 is 23.6 Å². The van der Waals surface area contributed by atoms with E-state index in [1.54, 1.807) is 12.0 Å². The molecule has 2 atom stereocenters. The molecule has 1 amide bonds. The van der Waals surface area contributed by atoms with Crippen molar-refractivity contribution in [2.45, 2.75) is 51.4 Å². The van der Waals surface area contributed by atoms with Crippen LogP contribution in [0.15, 0.2) is 49.1 Å². The van der Waals surface area contributed by atoms with Crippen LogP contribution in [-0.4, -0.2) is 77.5 Å². The van der Waals surface area contributed by atoms with Crippen LogP contribution >= 0.6 is 11.6 Å². The number of nitrogens with zero attached hydrogens (tertiary/aromatic N) is 5. The minimum atomic E-state index is -0.522. The van der Waals surface area contributed by atoms with Crippen LogP contribution in [0.4, 0.5) is 4.79 Å². The fourth-order valence-corrected chi connectivity index (χ4v) is 6.28. The van der Waals surface area contributed by atoms with Gasteiger partial charge in [0.25, 0.3) is 0 Å². The molecule has 10 heteroatoms. The first-order valence-electron chi connectivity index (χ1n) is 15.4. The first-order valence-corrected chi connectivity index (χ1v) is 15.7. The van der Waals surface area contributed by atoms with Crippen molar-refractivity contribution in [2.75, 3.05) is 46.5 Å². The lowest BCUT2D eigenvalue weighted by Crippen LogP contribution is -2.51. The summed E-state index contributed by atoms with van der Waals surface area (Å²) < 4.78 is 20.8. The van der Waals surface area contributed by atoms with Crippen molar-refractivity contribution in [1.82, 2.24) is 19.4 Å². The van der Waals surface area contributed by atoms with E-state index in [1.165, 1.54) is 12.8 Å². The van der Waals surface area contributed by atoms with Gasteiger partial charge in [-0.1, -0.05) is 23.7 Å². The molecule has 0 saturated carbocycles. The number of hydrogen-bond donors (Lipinski definition) is 0. The normalized spacial score (nSPS) is 19.2. The average molecular weight is 623 g/mol. The van der Waals surface area contributed by atoms with Gasteiger partial charge in [0, 0.05) is 57.7 Å². The second-order valence-electron chi connectivity index (χ2n) is 12.6. The number of carbonyl (C=O) groups is 1. The van der Waals surface area contributed by atoms with Crippen molar-refractivity contribution in [1.29, 1.82) is 0 Å². The molecule has 4 heterocycles. The second kappa shape index (κ2) is 13.8. The summed E-state index contributed by atoms with van der Waals surface area (Å²) in [5.41, 5.74) is 5.72. The number of ether oxygens (including phenoxy) is 3. The van der Waals surface area contributed by atoms with E-state index in [0.29, 0.717) is 31.2 Å². The quantitative estimate of drug-likeness (QED) is 0.354. The Morgan fingerprint density at radius 3 is 2.45 bits per heavy atom. The summed E-state index contributed by atoms with van der Waals surface area (Å²) in [5.74, 6) is 0. The summed E-state index contributed by atoms with van der Waals surface area (Å²) >= 11 is 6.61. The van der Waals surface area contributed by atoms with Gasteiger partial charge in [-0.3, -0.25) is 9.88 Å². The summed E-state index contributed by atoms with van der Waals surface area (Å²) in [7, 11) is 5.78. The lowest BCUT2D eigenvalue weighted by molar-refractivity contribution is -0.671. The molecule has 2 aromatic heterocycles. The minimum absolute atomic E-state index is 0.106. The molecule has 1 unspecified atom stereocenters. The van der Waals surface area contributed by atoms with Gasteiger partial charge >= 0.3 is 6.09 Å². The van der Waals surface area contributed by atoms with Crippen molar-refractivity contribution in [3.05, 3.63) is 82.2 Å². The van der Waals surface area contributed by atoms with E-state index in [2.05, 4.69) is 33.9 Å². The molecule has 0 radical (unpaired) electrons. The molecule has 2 saturated heterocycles. The van der Waals surface area contributed by atoms with Crippen LogP contribution in [0.3, 0.4) is 0 Å². The third-order valence-corrected chi connectivity index (χ3v) is 8.34. The molecule has 1 aliphatic carbocycles. The highest BCUT2D eigenvalue weighted by Crippen LogP contribution is 2.45. The number of imidazole rings is 1. The third-order valence-electron chi connectivity index (χ3n) is 8.11. The number of benzene rings is 1. The fraction of sp³-hybridized carbons (Fsp3) is 0.500. The van der Waals surface area contributed by atoms with E-state index in [4.69, 9.17) is 30.8 Å². The van der Waals surface area contributed by atoms with Crippen LogP contribution < -0.4 is 4.57 Å². The topological polar surface area (TPSA) is 72.9 Å². The maximum atomic E-state index is 12.7. The molecule has 6 rings (SSSR count). The first-order chi connectivity index (χ1) is 21.1. The van der Waals surface area contributed by atoms with Crippen LogP contribution in [0.1, 0.15) is 73.8 Å². The molecule has 236 valence electrons. The summed E-state index contributed by atoms with van der Waals surface area (Å²) in [6, 6.07) is 10.1. The van der Waals surface area contributed by atoms with Crippen molar-refractivity contribution in [3.8, 4) is 0 Å². The SMILES string of the molecule is C1CCOC1.COC(C1=Cc2cccnc2[C@@H](N2CCN(C(=O)OC(C)(C)C)CC2)c2ccc(Cl)cc21)c1c[n+](C)cn1C. The molecule has 2 fully saturated rings. The van der Waals surface area contributed by atoms with Crippen molar-refractivity contribution in [3.63, 3.8) is 0 Å². The molecule has 2 aliphatic heterocycles. The van der Waals surface area contributed by atoms with Gasteiger partial charge in [0.1, 0.15) is 17.9 Å². The highest BCUT2D eigenvalue weighted by Gasteiger charge is 2.37. The molecular weight excluding hydrogens is 578 g/mol. The van der Waals surface area contributed by atoms with Gasteiger partial charge in [-0.15, -0.1) is 0 Å². The average Bonchev–Trinajstić information content (AvgIpc) is 3.65. The van der Waals surface area contributed by atoms with Gasteiger partial charge in [-0.25, -0.2) is 13.9 Å². The van der Waals surface area contributed by atoms with E-state index in [1.807, 2.05) is 70.2 Å². The number of piperazine rings is 1. The van der Waals surface area contributed by atoms with E-state index < -0.39 is 5.60 Å². The maximum Gasteiger partial charge on any atom is 0.410 e. The molecule has 0 bridgehead atoms. The Balaban J connectivity index is 0.000000698. The van der Waals surface area contributed by atoms with Gasteiger partial charge in [0.15, 0.2) is 5.69 Å².